The molecule has 0 spiro atoms. The van der Waals surface area contributed by atoms with Crippen molar-refractivity contribution in [3.05, 3.63) is 0 Å². The highest BCUT2D eigenvalue weighted by molar-refractivity contribution is 6.12. The molecule has 0 bridgehead atoms. The van der Waals surface area contributed by atoms with E-state index in [-0.39, 0.29) is 24.8 Å². The fraction of sp³-hybridized carbons (Fsp3) is 0.429. The predicted molar refractivity (Wildman–Crippen MR) is 35.9 cm³/mol. The Balaban J connectivity index is 4.10. The number of Topliss-reactive ketones (excluding diaryl/α,β-unsaturated/α-hetero) is 2. The second-order valence-electron chi connectivity index (χ2n) is 2.14. The third-order valence-corrected chi connectivity index (χ3v) is 1.09. The smallest absolute Gasteiger partial charge is 0.157 e. The third-order valence-electron chi connectivity index (χ3n) is 1.09. The summed E-state index contributed by atoms with van der Waals surface area (Å²) in [5.41, 5.74) is 0. The SMILES string of the molecule is CC(=O)CC(=O)C(C=O)C=O. The molecular weight excluding hydrogens is 148 g/mol. The van der Waals surface area contributed by atoms with Crippen LogP contribution in [0.3, 0.4) is 0 Å². The summed E-state index contributed by atoms with van der Waals surface area (Å²) >= 11 is 0. The van der Waals surface area contributed by atoms with E-state index < -0.39 is 11.7 Å². The molecule has 0 saturated heterocycles. The molecule has 4 heteroatoms. The van der Waals surface area contributed by atoms with Crippen molar-refractivity contribution in [1.82, 2.24) is 0 Å². The molecule has 0 aliphatic heterocycles. The molecule has 0 aromatic heterocycles. The molecule has 0 unspecified atom stereocenters. The maximum atomic E-state index is 10.7. The highest BCUT2D eigenvalue weighted by Crippen LogP contribution is 1.95. The number of rotatable bonds is 5. The van der Waals surface area contributed by atoms with Crippen LogP contribution < -0.4 is 0 Å². The second-order valence-corrected chi connectivity index (χ2v) is 2.14. The van der Waals surface area contributed by atoms with Gasteiger partial charge in [0.1, 0.15) is 24.3 Å². The third kappa shape index (κ3) is 3.40. The van der Waals surface area contributed by atoms with Crippen LogP contribution in [0.4, 0.5) is 0 Å². The Morgan fingerprint density at radius 3 is 2.00 bits per heavy atom. The first kappa shape index (κ1) is 9.68. The Morgan fingerprint density at radius 1 is 1.27 bits per heavy atom. The summed E-state index contributed by atoms with van der Waals surface area (Å²) in [5, 5.41) is 0. The number of hydrogen-bond donors (Lipinski definition) is 0. The molecular formula is C7H8O4. The van der Waals surface area contributed by atoms with E-state index in [1.165, 1.54) is 6.92 Å². The van der Waals surface area contributed by atoms with E-state index in [4.69, 9.17) is 0 Å². The summed E-state index contributed by atoms with van der Waals surface area (Å²) in [6, 6.07) is 0. The molecule has 0 saturated carbocycles. The van der Waals surface area contributed by atoms with Gasteiger partial charge in [0.25, 0.3) is 0 Å². The fourth-order valence-corrected chi connectivity index (χ4v) is 0.547. The van der Waals surface area contributed by atoms with Crippen LogP contribution in [0.15, 0.2) is 0 Å². The monoisotopic (exact) mass is 156 g/mol. The standard InChI is InChI=1S/C7H8O4/c1-5(10)2-7(11)6(3-8)4-9/h3-4,6H,2H2,1H3. The Labute approximate surface area is 63.6 Å². The molecule has 0 aliphatic carbocycles. The molecule has 0 aliphatic rings. The van der Waals surface area contributed by atoms with E-state index in [1.807, 2.05) is 0 Å². The minimum absolute atomic E-state index is 0.234. The van der Waals surface area contributed by atoms with Crippen LogP contribution in [0, 0.1) is 5.92 Å². The summed E-state index contributed by atoms with van der Waals surface area (Å²) in [6.07, 6.45) is 0.124. The lowest BCUT2D eigenvalue weighted by Gasteiger charge is -1.96. The normalized spacial score (nSPS) is 9.27. The van der Waals surface area contributed by atoms with Crippen molar-refractivity contribution in [1.29, 1.82) is 0 Å². The average Bonchev–Trinajstić information content (AvgIpc) is 1.88. The molecule has 0 rings (SSSR count). The maximum absolute atomic E-state index is 10.7. The highest BCUT2D eigenvalue weighted by atomic mass is 16.2. The van der Waals surface area contributed by atoms with Gasteiger partial charge in [-0.05, 0) is 6.92 Å². The van der Waals surface area contributed by atoms with E-state index in [0.29, 0.717) is 0 Å². The van der Waals surface area contributed by atoms with Gasteiger partial charge in [0.2, 0.25) is 0 Å². The van der Waals surface area contributed by atoms with E-state index in [9.17, 15) is 19.2 Å². The van der Waals surface area contributed by atoms with E-state index in [1.54, 1.807) is 0 Å². The molecule has 0 fully saturated rings. The quantitative estimate of drug-likeness (QED) is 0.399. The van der Waals surface area contributed by atoms with E-state index in [2.05, 4.69) is 0 Å². The van der Waals surface area contributed by atoms with Crippen LogP contribution in [0.2, 0.25) is 0 Å². The van der Waals surface area contributed by atoms with Crippen LogP contribution in [0.1, 0.15) is 13.3 Å². The molecule has 0 radical (unpaired) electrons. The summed E-state index contributed by atoms with van der Waals surface area (Å²) in [7, 11) is 0. The predicted octanol–water partition coefficient (Wildman–Crippen LogP) is -0.451. The first-order valence-corrected chi connectivity index (χ1v) is 3.04. The molecule has 4 nitrogen and oxygen atoms in total. The Kier molecular flexibility index (Phi) is 3.95. The molecule has 0 amide bonds. The number of carbonyl (C=O) groups excluding carboxylic acids is 4. The number of hydrogen-bond acceptors (Lipinski definition) is 4. The van der Waals surface area contributed by atoms with Gasteiger partial charge >= 0.3 is 0 Å². The van der Waals surface area contributed by atoms with Crippen molar-refractivity contribution >= 4 is 24.1 Å². The summed E-state index contributed by atoms with van der Waals surface area (Å²) in [5.74, 6) is -2.25. The van der Waals surface area contributed by atoms with Gasteiger partial charge in [0, 0.05) is 0 Å². The molecule has 0 aromatic carbocycles. The highest BCUT2D eigenvalue weighted by Gasteiger charge is 2.17. The molecule has 60 valence electrons. The lowest BCUT2D eigenvalue weighted by atomic mass is 10.0. The lowest BCUT2D eigenvalue weighted by molar-refractivity contribution is -0.133. The number of ketones is 2. The van der Waals surface area contributed by atoms with Crippen LogP contribution >= 0.6 is 0 Å². The van der Waals surface area contributed by atoms with Gasteiger partial charge in [-0.15, -0.1) is 0 Å². The van der Waals surface area contributed by atoms with Crippen LogP contribution in [0.5, 0.6) is 0 Å². The van der Waals surface area contributed by atoms with Crippen molar-refractivity contribution in [2.45, 2.75) is 13.3 Å². The van der Waals surface area contributed by atoms with Gasteiger partial charge in [-0.25, -0.2) is 0 Å². The molecule has 0 atom stereocenters. The molecule has 0 aromatic rings. The van der Waals surface area contributed by atoms with Crippen molar-refractivity contribution < 1.29 is 19.2 Å². The van der Waals surface area contributed by atoms with Crippen LogP contribution in [-0.2, 0) is 19.2 Å². The van der Waals surface area contributed by atoms with Gasteiger partial charge in [-0.2, -0.15) is 0 Å². The largest absolute Gasteiger partial charge is 0.302 e. The van der Waals surface area contributed by atoms with Crippen molar-refractivity contribution in [3.8, 4) is 0 Å². The summed E-state index contributed by atoms with van der Waals surface area (Å²) in [4.78, 5) is 41.1. The molecule has 11 heavy (non-hydrogen) atoms. The zero-order chi connectivity index (χ0) is 8.85. The van der Waals surface area contributed by atoms with Gasteiger partial charge < -0.3 is 9.59 Å². The zero-order valence-corrected chi connectivity index (χ0v) is 6.07. The molecule has 0 N–H and O–H groups in total. The minimum Gasteiger partial charge on any atom is -0.302 e. The fourth-order valence-electron chi connectivity index (χ4n) is 0.547. The molecule has 0 heterocycles. The van der Waals surface area contributed by atoms with Gasteiger partial charge in [-0.1, -0.05) is 0 Å². The Hall–Kier alpha value is -1.32. The van der Waals surface area contributed by atoms with E-state index in [0.717, 1.165) is 0 Å². The van der Waals surface area contributed by atoms with Crippen LogP contribution in [-0.4, -0.2) is 24.1 Å². The maximum Gasteiger partial charge on any atom is 0.157 e. The van der Waals surface area contributed by atoms with Gasteiger partial charge in [-0.3, -0.25) is 9.59 Å². The first-order chi connectivity index (χ1) is 5.11. The zero-order valence-electron chi connectivity index (χ0n) is 6.07. The topological polar surface area (TPSA) is 68.3 Å². The summed E-state index contributed by atoms with van der Waals surface area (Å²) in [6.45, 7) is 1.23. The second kappa shape index (κ2) is 4.49. The summed E-state index contributed by atoms with van der Waals surface area (Å²) < 4.78 is 0. The van der Waals surface area contributed by atoms with Crippen molar-refractivity contribution in [2.24, 2.45) is 5.92 Å². The van der Waals surface area contributed by atoms with Crippen molar-refractivity contribution in [2.75, 3.05) is 0 Å². The van der Waals surface area contributed by atoms with Crippen molar-refractivity contribution in [3.63, 3.8) is 0 Å². The first-order valence-electron chi connectivity index (χ1n) is 3.04. The number of aldehydes is 2. The Morgan fingerprint density at radius 2 is 1.73 bits per heavy atom. The average molecular weight is 156 g/mol. The van der Waals surface area contributed by atoms with E-state index >= 15 is 0 Å². The lowest BCUT2D eigenvalue weighted by Crippen LogP contribution is -2.19. The number of carbonyl (C=O) groups is 4. The van der Waals surface area contributed by atoms with Gasteiger partial charge in [0.05, 0.1) is 6.42 Å². The Bertz CT molecular complexity index is 187. The van der Waals surface area contributed by atoms with Gasteiger partial charge in [0.15, 0.2) is 5.78 Å². The minimum atomic E-state index is -1.26. The van der Waals surface area contributed by atoms with Crippen LogP contribution in [0.25, 0.3) is 0 Å².